The van der Waals surface area contributed by atoms with E-state index in [0.29, 0.717) is 5.69 Å². The summed E-state index contributed by atoms with van der Waals surface area (Å²) in [5, 5.41) is 0. The van der Waals surface area contributed by atoms with Crippen molar-refractivity contribution in [3.63, 3.8) is 0 Å². The van der Waals surface area contributed by atoms with Crippen LogP contribution in [0.4, 0.5) is 0 Å². The lowest BCUT2D eigenvalue weighted by Gasteiger charge is -2.34. The van der Waals surface area contributed by atoms with E-state index in [4.69, 9.17) is 4.98 Å². The fraction of sp³-hybridized carbons (Fsp3) is 0.350. The average Bonchev–Trinajstić information content (AvgIpc) is 3.05. The predicted molar refractivity (Wildman–Crippen MR) is 97.4 cm³/mol. The Labute approximate surface area is 147 Å². The van der Waals surface area contributed by atoms with Crippen LogP contribution in [-0.2, 0) is 0 Å². The molecule has 25 heavy (non-hydrogen) atoms. The number of hydrogen-bond donors (Lipinski definition) is 1. The van der Waals surface area contributed by atoms with Gasteiger partial charge in [0.15, 0.2) is 0 Å². The highest BCUT2D eigenvalue weighted by Gasteiger charge is 2.31. The number of nitrogens with one attached hydrogen (secondary N) is 1. The van der Waals surface area contributed by atoms with Gasteiger partial charge in [0, 0.05) is 12.7 Å². The molecule has 0 saturated carbocycles. The summed E-state index contributed by atoms with van der Waals surface area (Å²) in [5.41, 5.74) is 4.98. The Bertz CT molecular complexity index is 877. The number of H-pyrrole nitrogens is 1. The van der Waals surface area contributed by atoms with Crippen molar-refractivity contribution in [2.45, 2.75) is 39.2 Å². The first-order valence-electron chi connectivity index (χ1n) is 8.82. The van der Waals surface area contributed by atoms with Gasteiger partial charge in [-0.25, -0.2) is 4.98 Å². The first kappa shape index (κ1) is 15.8. The third kappa shape index (κ3) is 2.90. The van der Waals surface area contributed by atoms with E-state index < -0.39 is 0 Å². The number of imidazole rings is 1. The molecule has 5 nitrogen and oxygen atoms in total. The second-order valence-electron chi connectivity index (χ2n) is 6.80. The van der Waals surface area contributed by atoms with E-state index in [0.717, 1.165) is 42.7 Å². The van der Waals surface area contributed by atoms with Gasteiger partial charge < -0.3 is 9.88 Å². The minimum atomic E-state index is -0.0173. The topological polar surface area (TPSA) is 61.9 Å². The van der Waals surface area contributed by atoms with Gasteiger partial charge in [0.2, 0.25) is 0 Å². The monoisotopic (exact) mass is 334 g/mol. The number of rotatable bonds is 2. The Balaban J connectivity index is 1.70. The van der Waals surface area contributed by atoms with Crippen molar-refractivity contribution in [3.05, 3.63) is 59.2 Å². The largest absolute Gasteiger partial charge is 0.340 e. The van der Waals surface area contributed by atoms with Crippen LogP contribution < -0.4 is 0 Å². The summed E-state index contributed by atoms with van der Waals surface area (Å²) >= 11 is 0. The standard InChI is InChI=1S/C20H22N4O/c1-13-11-16-17(12-14(13)2)23-19(22-16)18-8-4-6-10-24(18)20(25)15-7-3-5-9-21-15/h3,5,7,9,11-12,18H,4,6,8,10H2,1-2H3,(H,22,23)/t18-/m1/s1. The lowest BCUT2D eigenvalue weighted by atomic mass is 10.0. The van der Waals surface area contributed by atoms with Gasteiger partial charge in [-0.3, -0.25) is 9.78 Å². The minimum absolute atomic E-state index is 0.0156. The molecule has 128 valence electrons. The first-order valence-corrected chi connectivity index (χ1v) is 8.82. The third-order valence-corrected chi connectivity index (χ3v) is 5.08. The van der Waals surface area contributed by atoms with Crippen LogP contribution in [0.2, 0.25) is 0 Å². The second-order valence-corrected chi connectivity index (χ2v) is 6.80. The number of aromatic amines is 1. The smallest absolute Gasteiger partial charge is 0.273 e. The zero-order valence-electron chi connectivity index (χ0n) is 14.6. The Morgan fingerprint density at radius 2 is 2.04 bits per heavy atom. The van der Waals surface area contributed by atoms with E-state index >= 15 is 0 Å². The van der Waals surface area contributed by atoms with Gasteiger partial charge in [0.25, 0.3) is 5.91 Å². The van der Waals surface area contributed by atoms with Crippen LogP contribution in [0.5, 0.6) is 0 Å². The highest BCUT2D eigenvalue weighted by atomic mass is 16.2. The molecule has 3 aromatic rings. The maximum absolute atomic E-state index is 12.9. The van der Waals surface area contributed by atoms with E-state index in [-0.39, 0.29) is 11.9 Å². The third-order valence-electron chi connectivity index (χ3n) is 5.08. The van der Waals surface area contributed by atoms with Crippen LogP contribution in [0.15, 0.2) is 36.5 Å². The van der Waals surface area contributed by atoms with E-state index in [1.54, 1.807) is 12.3 Å². The van der Waals surface area contributed by atoms with E-state index in [2.05, 4.69) is 35.9 Å². The fourth-order valence-electron chi connectivity index (χ4n) is 3.54. The molecule has 1 atom stereocenters. The van der Waals surface area contributed by atoms with E-state index in [1.165, 1.54) is 11.1 Å². The van der Waals surface area contributed by atoms with Crippen molar-refractivity contribution in [2.24, 2.45) is 0 Å². The molecule has 0 unspecified atom stereocenters. The molecule has 1 aliphatic heterocycles. The van der Waals surface area contributed by atoms with Crippen molar-refractivity contribution in [3.8, 4) is 0 Å². The highest BCUT2D eigenvalue weighted by Crippen LogP contribution is 2.32. The molecule has 1 fully saturated rings. The fourth-order valence-corrected chi connectivity index (χ4v) is 3.54. The number of aromatic nitrogens is 3. The Morgan fingerprint density at radius 1 is 1.20 bits per heavy atom. The molecule has 5 heteroatoms. The van der Waals surface area contributed by atoms with Gasteiger partial charge in [-0.05, 0) is 68.5 Å². The lowest BCUT2D eigenvalue weighted by molar-refractivity contribution is 0.0595. The number of pyridine rings is 1. The molecule has 0 spiro atoms. The van der Waals surface area contributed by atoms with Crippen LogP contribution in [-0.4, -0.2) is 32.3 Å². The Morgan fingerprint density at radius 3 is 2.84 bits per heavy atom. The predicted octanol–water partition coefficient (Wildman–Crippen LogP) is 3.94. The molecule has 0 radical (unpaired) electrons. The SMILES string of the molecule is Cc1cc2nc([C@H]3CCCCN3C(=O)c3ccccn3)[nH]c2cc1C. The Hall–Kier alpha value is -2.69. The van der Waals surface area contributed by atoms with Crippen LogP contribution in [0.1, 0.15) is 52.7 Å². The van der Waals surface area contributed by atoms with Gasteiger partial charge in [0.1, 0.15) is 11.5 Å². The van der Waals surface area contributed by atoms with E-state index in [1.807, 2.05) is 17.0 Å². The van der Waals surface area contributed by atoms with Gasteiger partial charge >= 0.3 is 0 Å². The minimum Gasteiger partial charge on any atom is -0.340 e. The summed E-state index contributed by atoms with van der Waals surface area (Å²) < 4.78 is 0. The van der Waals surface area contributed by atoms with Crippen LogP contribution in [0, 0.1) is 13.8 Å². The quantitative estimate of drug-likeness (QED) is 0.772. The number of amides is 1. The molecule has 1 aliphatic rings. The maximum atomic E-state index is 12.9. The molecule has 4 rings (SSSR count). The summed E-state index contributed by atoms with van der Waals surface area (Å²) in [6.45, 7) is 4.95. The van der Waals surface area contributed by atoms with Gasteiger partial charge in [-0.1, -0.05) is 6.07 Å². The number of carbonyl (C=O) groups excluding carboxylic acids is 1. The number of nitrogens with zero attached hydrogens (tertiary/aromatic N) is 3. The van der Waals surface area contributed by atoms with Crippen molar-refractivity contribution < 1.29 is 4.79 Å². The zero-order chi connectivity index (χ0) is 17.4. The average molecular weight is 334 g/mol. The normalized spacial score (nSPS) is 17.8. The summed E-state index contributed by atoms with van der Waals surface area (Å²) in [6, 6.07) is 9.68. The van der Waals surface area contributed by atoms with Crippen LogP contribution >= 0.6 is 0 Å². The van der Waals surface area contributed by atoms with Crippen molar-refractivity contribution in [2.75, 3.05) is 6.54 Å². The molecule has 1 saturated heterocycles. The number of aryl methyl sites for hydroxylation is 2. The first-order chi connectivity index (χ1) is 12.1. The summed E-state index contributed by atoms with van der Waals surface area (Å²) in [7, 11) is 0. The number of fused-ring (bicyclic) bond motifs is 1. The highest BCUT2D eigenvalue weighted by molar-refractivity contribution is 5.92. The lowest BCUT2D eigenvalue weighted by Crippen LogP contribution is -2.39. The summed E-state index contributed by atoms with van der Waals surface area (Å²) in [5.74, 6) is 0.863. The number of likely N-dealkylation sites (tertiary alicyclic amines) is 1. The molecule has 1 aromatic carbocycles. The molecule has 1 amide bonds. The molecule has 3 heterocycles. The van der Waals surface area contributed by atoms with Gasteiger partial charge in [-0.2, -0.15) is 0 Å². The molecule has 0 aliphatic carbocycles. The molecule has 0 bridgehead atoms. The summed E-state index contributed by atoms with van der Waals surface area (Å²) in [4.78, 5) is 27.3. The molecular formula is C20H22N4O. The maximum Gasteiger partial charge on any atom is 0.273 e. The summed E-state index contributed by atoms with van der Waals surface area (Å²) in [6.07, 6.45) is 4.72. The molecule has 1 N–H and O–H groups in total. The molecular weight excluding hydrogens is 312 g/mol. The van der Waals surface area contributed by atoms with Crippen LogP contribution in [0.25, 0.3) is 11.0 Å². The number of hydrogen-bond acceptors (Lipinski definition) is 3. The number of benzene rings is 1. The second kappa shape index (κ2) is 6.31. The Kier molecular flexibility index (Phi) is 3.99. The van der Waals surface area contributed by atoms with Gasteiger partial charge in [-0.15, -0.1) is 0 Å². The number of carbonyl (C=O) groups is 1. The van der Waals surface area contributed by atoms with Crippen LogP contribution in [0.3, 0.4) is 0 Å². The van der Waals surface area contributed by atoms with Crippen molar-refractivity contribution >= 4 is 16.9 Å². The number of piperidine rings is 1. The van der Waals surface area contributed by atoms with E-state index in [9.17, 15) is 4.79 Å². The van der Waals surface area contributed by atoms with Crippen molar-refractivity contribution in [1.29, 1.82) is 0 Å². The van der Waals surface area contributed by atoms with Gasteiger partial charge in [0.05, 0.1) is 17.1 Å². The zero-order valence-corrected chi connectivity index (χ0v) is 14.6. The van der Waals surface area contributed by atoms with Crippen molar-refractivity contribution in [1.82, 2.24) is 19.9 Å². The molecule has 2 aromatic heterocycles.